The highest BCUT2D eigenvalue weighted by atomic mass is 35.5. The van der Waals surface area contributed by atoms with Crippen LogP contribution in [0, 0.1) is 0 Å². The van der Waals surface area contributed by atoms with E-state index < -0.39 is 6.10 Å². The average Bonchev–Trinajstić information content (AvgIpc) is 2.05. The van der Waals surface area contributed by atoms with E-state index in [4.69, 9.17) is 11.6 Å². The number of aliphatic hydroxyl groups excluding tert-OH is 1. The number of aliphatic hydroxyl groups is 1. The lowest BCUT2D eigenvalue weighted by Gasteiger charge is -2.08. The number of pyridine rings is 1. The Morgan fingerprint density at radius 3 is 3.00 bits per heavy atom. The molecule has 1 unspecified atom stereocenters. The van der Waals surface area contributed by atoms with Gasteiger partial charge in [-0.3, -0.25) is 0 Å². The SMILES string of the molecule is CCCC(O)c1ccnc(Cl)c1. The van der Waals surface area contributed by atoms with Crippen molar-refractivity contribution < 1.29 is 5.11 Å². The fraction of sp³-hybridized carbons (Fsp3) is 0.444. The van der Waals surface area contributed by atoms with Gasteiger partial charge in [0.2, 0.25) is 0 Å². The summed E-state index contributed by atoms with van der Waals surface area (Å²) in [4.78, 5) is 3.84. The first kappa shape index (κ1) is 9.49. The van der Waals surface area contributed by atoms with Crippen molar-refractivity contribution in [1.29, 1.82) is 0 Å². The van der Waals surface area contributed by atoms with E-state index in [1.807, 2.05) is 6.92 Å². The Morgan fingerprint density at radius 1 is 1.67 bits per heavy atom. The molecule has 0 aliphatic heterocycles. The maximum absolute atomic E-state index is 9.56. The second-order valence-corrected chi connectivity index (χ2v) is 3.10. The Kier molecular flexibility index (Phi) is 3.50. The first-order chi connectivity index (χ1) is 5.74. The molecule has 3 heteroatoms. The summed E-state index contributed by atoms with van der Waals surface area (Å²) >= 11 is 5.67. The van der Waals surface area contributed by atoms with Gasteiger partial charge in [0.05, 0.1) is 6.10 Å². The molecule has 0 aromatic carbocycles. The fourth-order valence-corrected chi connectivity index (χ4v) is 1.25. The number of hydrogen-bond donors (Lipinski definition) is 1. The van der Waals surface area contributed by atoms with Crippen LogP contribution in [0.3, 0.4) is 0 Å². The quantitative estimate of drug-likeness (QED) is 0.735. The Labute approximate surface area is 77.2 Å². The van der Waals surface area contributed by atoms with Gasteiger partial charge >= 0.3 is 0 Å². The monoisotopic (exact) mass is 185 g/mol. The molecule has 1 aromatic heterocycles. The first-order valence-corrected chi connectivity index (χ1v) is 4.41. The molecule has 1 N–H and O–H groups in total. The molecule has 1 aromatic rings. The van der Waals surface area contributed by atoms with Gasteiger partial charge < -0.3 is 5.11 Å². The van der Waals surface area contributed by atoms with Crippen molar-refractivity contribution in [1.82, 2.24) is 4.98 Å². The second-order valence-electron chi connectivity index (χ2n) is 2.72. The van der Waals surface area contributed by atoms with Crippen molar-refractivity contribution >= 4 is 11.6 Å². The summed E-state index contributed by atoms with van der Waals surface area (Å²) in [5.41, 5.74) is 0.844. The van der Waals surface area contributed by atoms with Gasteiger partial charge in [-0.15, -0.1) is 0 Å². The van der Waals surface area contributed by atoms with Crippen LogP contribution in [0.4, 0.5) is 0 Å². The summed E-state index contributed by atoms with van der Waals surface area (Å²) in [6, 6.07) is 3.48. The second kappa shape index (κ2) is 4.43. The maximum atomic E-state index is 9.56. The smallest absolute Gasteiger partial charge is 0.129 e. The molecule has 2 nitrogen and oxygen atoms in total. The average molecular weight is 186 g/mol. The van der Waals surface area contributed by atoms with Crippen LogP contribution >= 0.6 is 11.6 Å². The van der Waals surface area contributed by atoms with Crippen molar-refractivity contribution in [2.45, 2.75) is 25.9 Å². The van der Waals surface area contributed by atoms with Crippen LogP contribution in [0.1, 0.15) is 31.4 Å². The molecule has 1 rings (SSSR count). The molecular weight excluding hydrogens is 174 g/mol. The number of rotatable bonds is 3. The zero-order chi connectivity index (χ0) is 8.97. The van der Waals surface area contributed by atoms with Crippen molar-refractivity contribution in [3.05, 3.63) is 29.0 Å². The maximum Gasteiger partial charge on any atom is 0.129 e. The van der Waals surface area contributed by atoms with Crippen molar-refractivity contribution in [3.8, 4) is 0 Å². The van der Waals surface area contributed by atoms with Crippen LogP contribution in [-0.2, 0) is 0 Å². The molecule has 0 radical (unpaired) electrons. The fourth-order valence-electron chi connectivity index (χ4n) is 1.06. The third-order valence-corrected chi connectivity index (χ3v) is 1.90. The van der Waals surface area contributed by atoms with Crippen molar-refractivity contribution in [2.24, 2.45) is 0 Å². The van der Waals surface area contributed by atoms with E-state index in [0.717, 1.165) is 18.4 Å². The minimum Gasteiger partial charge on any atom is -0.388 e. The number of halogens is 1. The van der Waals surface area contributed by atoms with Gasteiger partial charge in [-0.05, 0) is 24.1 Å². The molecule has 0 fully saturated rings. The summed E-state index contributed by atoms with van der Waals surface area (Å²) in [5, 5.41) is 9.99. The summed E-state index contributed by atoms with van der Waals surface area (Å²) < 4.78 is 0. The zero-order valence-electron chi connectivity index (χ0n) is 7.00. The third-order valence-electron chi connectivity index (χ3n) is 1.70. The normalized spacial score (nSPS) is 12.9. The molecule has 1 heterocycles. The van der Waals surface area contributed by atoms with Gasteiger partial charge in [0.1, 0.15) is 5.15 Å². The van der Waals surface area contributed by atoms with Crippen LogP contribution in [0.2, 0.25) is 5.15 Å². The van der Waals surface area contributed by atoms with Crippen LogP contribution in [-0.4, -0.2) is 10.1 Å². The molecule has 0 spiro atoms. The van der Waals surface area contributed by atoms with Gasteiger partial charge in [-0.2, -0.15) is 0 Å². The highest BCUT2D eigenvalue weighted by Gasteiger charge is 2.05. The number of nitrogens with zero attached hydrogens (tertiary/aromatic N) is 1. The lowest BCUT2D eigenvalue weighted by Crippen LogP contribution is -1.96. The van der Waals surface area contributed by atoms with E-state index in [2.05, 4.69) is 4.98 Å². The Bertz CT molecular complexity index is 252. The van der Waals surface area contributed by atoms with Crippen LogP contribution in [0.25, 0.3) is 0 Å². The number of aromatic nitrogens is 1. The van der Waals surface area contributed by atoms with Crippen LogP contribution < -0.4 is 0 Å². The van der Waals surface area contributed by atoms with Gasteiger partial charge in [0.25, 0.3) is 0 Å². The van der Waals surface area contributed by atoms with E-state index >= 15 is 0 Å². The summed E-state index contributed by atoms with van der Waals surface area (Å²) in [6.07, 6.45) is 2.92. The Balaban J connectivity index is 2.73. The predicted octanol–water partition coefficient (Wildman–Crippen LogP) is 2.57. The summed E-state index contributed by atoms with van der Waals surface area (Å²) in [6.45, 7) is 2.03. The van der Waals surface area contributed by atoms with Crippen molar-refractivity contribution in [3.63, 3.8) is 0 Å². The molecule has 0 amide bonds. The van der Waals surface area contributed by atoms with E-state index in [1.165, 1.54) is 0 Å². The van der Waals surface area contributed by atoms with E-state index in [0.29, 0.717) is 5.15 Å². The molecular formula is C9H12ClNO. The molecule has 1 atom stereocenters. The van der Waals surface area contributed by atoms with E-state index in [1.54, 1.807) is 18.3 Å². The summed E-state index contributed by atoms with van der Waals surface area (Å²) in [7, 11) is 0. The lowest BCUT2D eigenvalue weighted by molar-refractivity contribution is 0.166. The zero-order valence-corrected chi connectivity index (χ0v) is 7.75. The standard InChI is InChI=1S/C9H12ClNO/c1-2-3-8(12)7-4-5-11-9(10)6-7/h4-6,8,12H,2-3H2,1H3. The molecule has 66 valence electrons. The van der Waals surface area contributed by atoms with Gasteiger partial charge in [0.15, 0.2) is 0 Å². The van der Waals surface area contributed by atoms with E-state index in [9.17, 15) is 5.11 Å². The minimum atomic E-state index is -0.407. The minimum absolute atomic E-state index is 0.407. The molecule has 0 aliphatic rings. The highest BCUT2D eigenvalue weighted by molar-refractivity contribution is 6.29. The molecule has 0 saturated carbocycles. The van der Waals surface area contributed by atoms with Gasteiger partial charge in [-0.25, -0.2) is 4.98 Å². The molecule has 12 heavy (non-hydrogen) atoms. The lowest BCUT2D eigenvalue weighted by atomic mass is 10.1. The molecule has 0 bridgehead atoms. The number of hydrogen-bond acceptors (Lipinski definition) is 2. The van der Waals surface area contributed by atoms with E-state index in [-0.39, 0.29) is 0 Å². The summed E-state index contributed by atoms with van der Waals surface area (Å²) in [5.74, 6) is 0. The topological polar surface area (TPSA) is 33.1 Å². The highest BCUT2D eigenvalue weighted by Crippen LogP contribution is 2.19. The van der Waals surface area contributed by atoms with Crippen LogP contribution in [0.15, 0.2) is 18.3 Å². The van der Waals surface area contributed by atoms with Gasteiger partial charge in [0, 0.05) is 6.20 Å². The predicted molar refractivity (Wildman–Crippen MR) is 49.1 cm³/mol. The largest absolute Gasteiger partial charge is 0.388 e. The van der Waals surface area contributed by atoms with Crippen molar-refractivity contribution in [2.75, 3.05) is 0 Å². The third kappa shape index (κ3) is 2.47. The van der Waals surface area contributed by atoms with Crippen LogP contribution in [0.5, 0.6) is 0 Å². The Hall–Kier alpha value is -0.600. The molecule has 0 saturated heterocycles. The molecule has 0 aliphatic carbocycles. The first-order valence-electron chi connectivity index (χ1n) is 4.03. The Morgan fingerprint density at radius 2 is 2.42 bits per heavy atom. The van der Waals surface area contributed by atoms with Gasteiger partial charge in [-0.1, -0.05) is 24.9 Å².